The molecule has 0 spiro atoms. The molecule has 2 aromatic rings. The maximum Gasteiger partial charge on any atom is 0.269 e. The Morgan fingerprint density at radius 1 is 1.35 bits per heavy atom. The van der Waals surface area contributed by atoms with Gasteiger partial charge in [0.2, 0.25) is 5.88 Å². The molecule has 0 amide bonds. The van der Waals surface area contributed by atoms with Crippen LogP contribution in [0.2, 0.25) is 0 Å². The lowest BCUT2D eigenvalue weighted by Gasteiger charge is -2.03. The topological polar surface area (TPSA) is 66.0 Å². The van der Waals surface area contributed by atoms with E-state index < -0.39 is 0 Å². The minimum atomic E-state index is -0.375. The molecule has 2 N–H and O–H groups in total. The van der Waals surface area contributed by atoms with Crippen LogP contribution in [-0.2, 0) is 6.42 Å². The van der Waals surface area contributed by atoms with Crippen molar-refractivity contribution in [2.45, 2.75) is 13.3 Å². The number of halogens is 1. The van der Waals surface area contributed by atoms with E-state index in [4.69, 9.17) is 0 Å². The summed E-state index contributed by atoms with van der Waals surface area (Å²) in [5.41, 5.74) is 1.83. The van der Waals surface area contributed by atoms with Gasteiger partial charge in [0.25, 0.3) is 5.56 Å². The first-order valence-electron chi connectivity index (χ1n) is 5.09. The number of aromatic amines is 1. The minimum Gasteiger partial charge on any atom is -0.492 e. The van der Waals surface area contributed by atoms with Gasteiger partial charge in [0.1, 0.15) is 10.3 Å². The average Bonchev–Trinajstić information content (AvgIpc) is 2.29. The average molecular weight is 295 g/mol. The normalized spacial score (nSPS) is 10.5. The summed E-state index contributed by atoms with van der Waals surface area (Å²) >= 11 is 2.95. The van der Waals surface area contributed by atoms with E-state index in [-0.39, 0.29) is 15.9 Å². The van der Waals surface area contributed by atoms with Crippen molar-refractivity contribution in [1.82, 2.24) is 9.97 Å². The Morgan fingerprint density at radius 2 is 2.00 bits per heavy atom. The summed E-state index contributed by atoms with van der Waals surface area (Å²) in [4.78, 5) is 17.9. The zero-order chi connectivity index (χ0) is 12.4. The fourth-order valence-electron chi connectivity index (χ4n) is 1.48. The van der Waals surface area contributed by atoms with Crippen LogP contribution in [0, 0.1) is 6.92 Å². The molecule has 0 bridgehead atoms. The number of aromatic nitrogens is 2. The molecular formula is C12H11BrN2O2. The molecule has 0 aliphatic carbocycles. The maximum absolute atomic E-state index is 11.4. The van der Waals surface area contributed by atoms with Crippen LogP contribution in [0.4, 0.5) is 0 Å². The number of nitrogens with one attached hydrogen (secondary N) is 1. The lowest BCUT2D eigenvalue weighted by Crippen LogP contribution is -2.12. The number of benzene rings is 1. The zero-order valence-corrected chi connectivity index (χ0v) is 10.8. The molecule has 1 heterocycles. The van der Waals surface area contributed by atoms with Gasteiger partial charge in [-0.15, -0.1) is 0 Å². The quantitative estimate of drug-likeness (QED) is 0.892. The van der Waals surface area contributed by atoms with Gasteiger partial charge in [0, 0.05) is 6.42 Å². The summed E-state index contributed by atoms with van der Waals surface area (Å²) < 4.78 is 0.0603. The number of hydrogen-bond donors (Lipinski definition) is 2. The summed E-state index contributed by atoms with van der Waals surface area (Å²) in [7, 11) is 0. The first kappa shape index (κ1) is 11.9. The standard InChI is InChI=1S/C12H11BrN2O2/c1-7-2-4-8(5-3-7)6-9-14-11(16)10(13)12(17)15-9/h2-5H,6H2,1H3,(H2,14,15,16,17). The van der Waals surface area contributed by atoms with Crippen LogP contribution in [0.1, 0.15) is 17.0 Å². The Kier molecular flexibility index (Phi) is 3.28. The molecule has 5 heteroatoms. The molecule has 0 aliphatic heterocycles. The van der Waals surface area contributed by atoms with E-state index in [0.29, 0.717) is 12.2 Å². The largest absolute Gasteiger partial charge is 0.492 e. The molecule has 4 nitrogen and oxygen atoms in total. The Morgan fingerprint density at radius 3 is 2.59 bits per heavy atom. The number of aromatic hydroxyl groups is 1. The van der Waals surface area contributed by atoms with Crippen molar-refractivity contribution >= 4 is 15.9 Å². The Hall–Kier alpha value is -1.62. The Bertz CT molecular complexity index is 590. The lowest BCUT2D eigenvalue weighted by atomic mass is 10.1. The van der Waals surface area contributed by atoms with E-state index in [1.165, 1.54) is 5.56 Å². The monoisotopic (exact) mass is 294 g/mol. The number of aryl methyl sites for hydroxylation is 1. The summed E-state index contributed by atoms with van der Waals surface area (Å²) in [6.07, 6.45) is 0.482. The molecule has 1 aromatic carbocycles. The summed E-state index contributed by atoms with van der Waals surface area (Å²) in [6.45, 7) is 2.01. The summed E-state index contributed by atoms with van der Waals surface area (Å²) in [5.74, 6) is 0.162. The van der Waals surface area contributed by atoms with Gasteiger partial charge in [0.15, 0.2) is 0 Å². The molecule has 0 atom stereocenters. The molecule has 17 heavy (non-hydrogen) atoms. The van der Waals surface area contributed by atoms with Crippen molar-refractivity contribution in [3.8, 4) is 5.88 Å². The van der Waals surface area contributed by atoms with Crippen molar-refractivity contribution in [2.75, 3.05) is 0 Å². The van der Waals surface area contributed by atoms with Crippen LogP contribution in [0.5, 0.6) is 5.88 Å². The minimum absolute atomic E-state index is 0.0603. The second kappa shape index (κ2) is 4.71. The van der Waals surface area contributed by atoms with E-state index >= 15 is 0 Å². The van der Waals surface area contributed by atoms with Crippen LogP contribution in [-0.4, -0.2) is 15.1 Å². The highest BCUT2D eigenvalue weighted by Gasteiger charge is 2.07. The second-order valence-corrected chi connectivity index (χ2v) is 4.61. The molecular weight excluding hydrogens is 284 g/mol. The second-order valence-electron chi connectivity index (χ2n) is 3.81. The zero-order valence-electron chi connectivity index (χ0n) is 9.20. The predicted octanol–water partition coefficient (Wildman–Crippen LogP) is 2.14. The molecule has 1 aromatic heterocycles. The summed E-state index contributed by atoms with van der Waals surface area (Å²) in [5, 5.41) is 9.43. The highest BCUT2D eigenvalue weighted by Crippen LogP contribution is 2.16. The van der Waals surface area contributed by atoms with Crippen LogP contribution in [0.25, 0.3) is 0 Å². The van der Waals surface area contributed by atoms with Crippen molar-refractivity contribution < 1.29 is 5.11 Å². The van der Waals surface area contributed by atoms with Crippen molar-refractivity contribution in [3.05, 3.63) is 56.0 Å². The van der Waals surface area contributed by atoms with Crippen LogP contribution in [0.3, 0.4) is 0 Å². The van der Waals surface area contributed by atoms with Gasteiger partial charge in [-0.05, 0) is 28.4 Å². The van der Waals surface area contributed by atoms with Crippen molar-refractivity contribution in [2.24, 2.45) is 0 Å². The number of nitrogens with zero attached hydrogens (tertiary/aromatic N) is 1. The highest BCUT2D eigenvalue weighted by molar-refractivity contribution is 9.10. The first-order valence-corrected chi connectivity index (χ1v) is 5.89. The molecule has 0 radical (unpaired) electrons. The highest BCUT2D eigenvalue weighted by atomic mass is 79.9. The number of hydrogen-bond acceptors (Lipinski definition) is 3. The van der Waals surface area contributed by atoms with Gasteiger partial charge >= 0.3 is 0 Å². The molecule has 88 valence electrons. The lowest BCUT2D eigenvalue weighted by molar-refractivity contribution is 0.444. The number of rotatable bonds is 2. The summed E-state index contributed by atoms with van der Waals surface area (Å²) in [6, 6.07) is 7.92. The van der Waals surface area contributed by atoms with E-state index in [1.54, 1.807) is 0 Å². The van der Waals surface area contributed by atoms with Crippen molar-refractivity contribution in [3.63, 3.8) is 0 Å². The Balaban J connectivity index is 2.30. The molecule has 2 rings (SSSR count). The Labute approximate surface area is 106 Å². The third-order valence-corrected chi connectivity index (χ3v) is 3.10. The smallest absolute Gasteiger partial charge is 0.269 e. The fraction of sp³-hybridized carbons (Fsp3) is 0.167. The molecule has 0 saturated heterocycles. The van der Waals surface area contributed by atoms with Crippen LogP contribution in [0.15, 0.2) is 33.5 Å². The SMILES string of the molecule is Cc1ccc(Cc2nc(O)c(Br)c(=O)[nH]2)cc1. The molecule has 0 aliphatic rings. The van der Waals surface area contributed by atoms with E-state index in [9.17, 15) is 9.90 Å². The van der Waals surface area contributed by atoms with E-state index in [1.807, 2.05) is 31.2 Å². The van der Waals surface area contributed by atoms with Gasteiger partial charge < -0.3 is 10.1 Å². The third kappa shape index (κ3) is 2.74. The van der Waals surface area contributed by atoms with E-state index in [0.717, 1.165) is 5.56 Å². The number of H-pyrrole nitrogens is 1. The molecule has 0 unspecified atom stereocenters. The molecule has 0 saturated carbocycles. The predicted molar refractivity (Wildman–Crippen MR) is 68.2 cm³/mol. The van der Waals surface area contributed by atoms with Crippen LogP contribution < -0.4 is 5.56 Å². The van der Waals surface area contributed by atoms with Crippen LogP contribution >= 0.6 is 15.9 Å². The van der Waals surface area contributed by atoms with Crippen molar-refractivity contribution in [1.29, 1.82) is 0 Å². The third-order valence-electron chi connectivity index (χ3n) is 2.39. The molecule has 0 fully saturated rings. The van der Waals surface area contributed by atoms with Gasteiger partial charge in [-0.25, -0.2) is 0 Å². The van der Waals surface area contributed by atoms with Gasteiger partial charge in [0.05, 0.1) is 0 Å². The van der Waals surface area contributed by atoms with Gasteiger partial charge in [-0.2, -0.15) is 4.98 Å². The van der Waals surface area contributed by atoms with Gasteiger partial charge in [-0.3, -0.25) is 4.79 Å². The maximum atomic E-state index is 11.4. The van der Waals surface area contributed by atoms with E-state index in [2.05, 4.69) is 25.9 Å². The van der Waals surface area contributed by atoms with Gasteiger partial charge in [-0.1, -0.05) is 29.8 Å². The first-order chi connectivity index (χ1) is 8.06. The fourth-order valence-corrected chi connectivity index (χ4v) is 1.66.